The van der Waals surface area contributed by atoms with Crippen molar-refractivity contribution in [1.29, 1.82) is 0 Å². The van der Waals surface area contributed by atoms with E-state index < -0.39 is 11.6 Å². The molecule has 5 heteroatoms. The number of halogens is 2. The number of nitrogens with one attached hydrogen (secondary N) is 1. The Morgan fingerprint density at radius 3 is 2.85 bits per heavy atom. The van der Waals surface area contributed by atoms with Gasteiger partial charge in [-0.3, -0.25) is 0 Å². The zero-order valence-corrected chi connectivity index (χ0v) is 11.5. The van der Waals surface area contributed by atoms with Crippen LogP contribution in [0.1, 0.15) is 24.0 Å². The number of ether oxygens (including phenoxy) is 1. The average molecular weight is 281 g/mol. The lowest BCUT2D eigenvalue weighted by atomic mass is 10.2. The lowest BCUT2D eigenvalue weighted by Gasteiger charge is -2.06. The summed E-state index contributed by atoms with van der Waals surface area (Å²) in [6.45, 7) is 5.44. The molecule has 0 bridgehead atoms. The van der Waals surface area contributed by atoms with Crippen LogP contribution in [0.15, 0.2) is 28.7 Å². The van der Waals surface area contributed by atoms with Gasteiger partial charge in [0.1, 0.15) is 18.1 Å². The molecule has 3 nitrogen and oxygen atoms in total. The third-order valence-electron chi connectivity index (χ3n) is 2.92. The van der Waals surface area contributed by atoms with Gasteiger partial charge in [-0.25, -0.2) is 4.39 Å². The SMILES string of the molecule is CCNCc1cc(COc2cccc(F)c2F)c(C)o1. The molecule has 20 heavy (non-hydrogen) atoms. The first-order valence-corrected chi connectivity index (χ1v) is 6.47. The van der Waals surface area contributed by atoms with Crippen molar-refractivity contribution in [2.75, 3.05) is 6.54 Å². The molecule has 1 aromatic carbocycles. The second-order valence-corrected chi connectivity index (χ2v) is 4.42. The normalized spacial score (nSPS) is 10.8. The number of furan rings is 1. The molecule has 1 N–H and O–H groups in total. The minimum absolute atomic E-state index is 0.0983. The van der Waals surface area contributed by atoms with E-state index >= 15 is 0 Å². The van der Waals surface area contributed by atoms with E-state index in [4.69, 9.17) is 9.15 Å². The zero-order valence-electron chi connectivity index (χ0n) is 11.5. The summed E-state index contributed by atoms with van der Waals surface area (Å²) >= 11 is 0. The maximum absolute atomic E-state index is 13.4. The molecule has 0 unspecified atom stereocenters. The number of aryl methyl sites for hydroxylation is 1. The summed E-state index contributed by atoms with van der Waals surface area (Å²) < 4.78 is 37.3. The molecule has 2 rings (SSSR count). The van der Waals surface area contributed by atoms with Gasteiger partial charge < -0.3 is 14.5 Å². The first kappa shape index (κ1) is 14.5. The minimum Gasteiger partial charge on any atom is -0.486 e. The quantitative estimate of drug-likeness (QED) is 0.879. The molecule has 0 saturated carbocycles. The molecule has 0 amide bonds. The van der Waals surface area contributed by atoms with E-state index in [1.807, 2.05) is 19.9 Å². The van der Waals surface area contributed by atoms with E-state index in [0.717, 1.165) is 29.7 Å². The van der Waals surface area contributed by atoms with E-state index in [1.54, 1.807) is 0 Å². The predicted octanol–water partition coefficient (Wildman–Crippen LogP) is 3.55. The molecule has 0 aliphatic heterocycles. The van der Waals surface area contributed by atoms with Crippen LogP contribution in [-0.4, -0.2) is 6.54 Å². The topological polar surface area (TPSA) is 34.4 Å². The summed E-state index contributed by atoms with van der Waals surface area (Å²) in [6.07, 6.45) is 0. The van der Waals surface area contributed by atoms with Crippen molar-refractivity contribution >= 4 is 0 Å². The van der Waals surface area contributed by atoms with E-state index in [-0.39, 0.29) is 12.4 Å². The van der Waals surface area contributed by atoms with Crippen molar-refractivity contribution < 1.29 is 17.9 Å². The van der Waals surface area contributed by atoms with Crippen molar-refractivity contribution in [2.24, 2.45) is 0 Å². The van der Waals surface area contributed by atoms with Gasteiger partial charge in [0, 0.05) is 5.56 Å². The Kier molecular flexibility index (Phi) is 4.74. The fourth-order valence-electron chi connectivity index (χ4n) is 1.82. The molecule has 1 aromatic heterocycles. The monoisotopic (exact) mass is 281 g/mol. The summed E-state index contributed by atoms with van der Waals surface area (Å²) in [5.74, 6) is -0.475. The maximum Gasteiger partial charge on any atom is 0.200 e. The van der Waals surface area contributed by atoms with Crippen LogP contribution in [0.4, 0.5) is 8.78 Å². The van der Waals surface area contributed by atoms with Crippen LogP contribution in [0.2, 0.25) is 0 Å². The molecule has 0 spiro atoms. The molecule has 1 heterocycles. The average Bonchev–Trinajstić information content (AvgIpc) is 2.79. The molecule has 0 radical (unpaired) electrons. The molecule has 0 atom stereocenters. The lowest BCUT2D eigenvalue weighted by molar-refractivity contribution is 0.282. The van der Waals surface area contributed by atoms with Gasteiger partial charge in [0.25, 0.3) is 0 Å². The molecular formula is C15H17F2NO2. The van der Waals surface area contributed by atoms with Gasteiger partial charge >= 0.3 is 0 Å². The number of rotatable bonds is 6. The number of hydrogen-bond donors (Lipinski definition) is 1. The Hall–Kier alpha value is -1.88. The van der Waals surface area contributed by atoms with Crippen LogP contribution < -0.4 is 10.1 Å². The van der Waals surface area contributed by atoms with E-state index in [0.29, 0.717) is 6.54 Å². The first-order chi connectivity index (χ1) is 9.61. The standard InChI is InChI=1S/C15H17F2NO2/c1-3-18-8-12-7-11(10(2)20-12)9-19-14-6-4-5-13(16)15(14)17/h4-7,18H,3,8-9H2,1-2H3. The lowest BCUT2D eigenvalue weighted by Crippen LogP contribution is -2.10. The van der Waals surface area contributed by atoms with E-state index in [1.165, 1.54) is 12.1 Å². The largest absolute Gasteiger partial charge is 0.486 e. The summed E-state index contributed by atoms with van der Waals surface area (Å²) in [6, 6.07) is 5.72. The molecule has 0 fully saturated rings. The highest BCUT2D eigenvalue weighted by atomic mass is 19.2. The Morgan fingerprint density at radius 1 is 1.30 bits per heavy atom. The van der Waals surface area contributed by atoms with Crippen molar-refractivity contribution in [2.45, 2.75) is 27.0 Å². The first-order valence-electron chi connectivity index (χ1n) is 6.47. The van der Waals surface area contributed by atoms with Crippen LogP contribution >= 0.6 is 0 Å². The fourth-order valence-corrected chi connectivity index (χ4v) is 1.82. The second kappa shape index (κ2) is 6.52. The maximum atomic E-state index is 13.4. The predicted molar refractivity (Wildman–Crippen MR) is 71.5 cm³/mol. The van der Waals surface area contributed by atoms with Gasteiger partial charge in [0.2, 0.25) is 5.82 Å². The highest BCUT2D eigenvalue weighted by molar-refractivity contribution is 5.26. The summed E-state index contributed by atoms with van der Waals surface area (Å²) in [7, 11) is 0. The highest BCUT2D eigenvalue weighted by Gasteiger charge is 2.11. The summed E-state index contributed by atoms with van der Waals surface area (Å²) in [5, 5.41) is 3.15. The Balaban J connectivity index is 2.03. The van der Waals surface area contributed by atoms with Crippen molar-refractivity contribution in [3.05, 3.63) is 53.0 Å². The third-order valence-corrected chi connectivity index (χ3v) is 2.92. The van der Waals surface area contributed by atoms with Crippen LogP contribution in [0.5, 0.6) is 5.75 Å². The second-order valence-electron chi connectivity index (χ2n) is 4.42. The van der Waals surface area contributed by atoms with E-state index in [2.05, 4.69) is 5.32 Å². The highest BCUT2D eigenvalue weighted by Crippen LogP contribution is 2.22. The molecule has 108 valence electrons. The van der Waals surface area contributed by atoms with Crippen molar-refractivity contribution in [1.82, 2.24) is 5.32 Å². The van der Waals surface area contributed by atoms with Crippen LogP contribution in [-0.2, 0) is 13.2 Å². The minimum atomic E-state index is -0.971. The Bertz CT molecular complexity index is 581. The molecule has 0 aliphatic carbocycles. The van der Waals surface area contributed by atoms with Crippen molar-refractivity contribution in [3.8, 4) is 5.75 Å². The Morgan fingerprint density at radius 2 is 2.10 bits per heavy atom. The number of benzene rings is 1. The molecule has 0 saturated heterocycles. The zero-order chi connectivity index (χ0) is 14.5. The number of hydrogen-bond acceptors (Lipinski definition) is 3. The van der Waals surface area contributed by atoms with Gasteiger partial charge in [0.15, 0.2) is 11.6 Å². The van der Waals surface area contributed by atoms with Crippen LogP contribution in [0, 0.1) is 18.6 Å². The van der Waals surface area contributed by atoms with Gasteiger partial charge in [0.05, 0.1) is 6.54 Å². The smallest absolute Gasteiger partial charge is 0.200 e. The summed E-state index contributed by atoms with van der Waals surface area (Å²) in [4.78, 5) is 0. The van der Waals surface area contributed by atoms with Gasteiger partial charge in [-0.1, -0.05) is 13.0 Å². The molecular weight excluding hydrogens is 264 g/mol. The van der Waals surface area contributed by atoms with Crippen LogP contribution in [0.3, 0.4) is 0 Å². The Labute approximate surface area is 116 Å². The van der Waals surface area contributed by atoms with Crippen molar-refractivity contribution in [3.63, 3.8) is 0 Å². The van der Waals surface area contributed by atoms with Gasteiger partial charge in [-0.05, 0) is 31.7 Å². The van der Waals surface area contributed by atoms with Crippen LogP contribution in [0.25, 0.3) is 0 Å². The fraction of sp³-hybridized carbons (Fsp3) is 0.333. The molecule has 0 aliphatic rings. The van der Waals surface area contributed by atoms with Gasteiger partial charge in [-0.2, -0.15) is 4.39 Å². The third kappa shape index (κ3) is 3.36. The van der Waals surface area contributed by atoms with Gasteiger partial charge in [-0.15, -0.1) is 0 Å². The molecule has 2 aromatic rings. The summed E-state index contributed by atoms with van der Waals surface area (Å²) in [5.41, 5.74) is 0.821. The van der Waals surface area contributed by atoms with E-state index in [9.17, 15) is 8.78 Å².